The summed E-state index contributed by atoms with van der Waals surface area (Å²) in [5.41, 5.74) is 2.27. The lowest BCUT2D eigenvalue weighted by molar-refractivity contribution is -0.107. The average molecular weight is 350 g/mol. The molecule has 4 rings (SSSR count). The molecule has 2 nitrogen and oxygen atoms in total. The Morgan fingerprint density at radius 3 is 1.44 bits per heavy atom. The standard InChI is InChI=1S/C22H19NO.ClH/c24-23(15-19-11-5-9-17-7-1-3-13-21(17)19)16-20-12-6-10-18-8-2-4-14-22(18)20;/h1-14,24H,15-16H2;1H. The minimum atomic E-state index is 0. The fraction of sp³-hybridized carbons (Fsp3) is 0.0909. The summed E-state index contributed by atoms with van der Waals surface area (Å²) in [4.78, 5) is 0. The molecule has 126 valence electrons. The first-order valence-electron chi connectivity index (χ1n) is 8.18. The Bertz CT molecular complexity index is 907. The molecule has 0 aliphatic heterocycles. The van der Waals surface area contributed by atoms with E-state index in [9.17, 15) is 5.21 Å². The number of hydroxylamine groups is 2. The highest BCUT2D eigenvalue weighted by atomic mass is 35.5. The van der Waals surface area contributed by atoms with Crippen LogP contribution in [0.4, 0.5) is 0 Å². The molecule has 0 fully saturated rings. The van der Waals surface area contributed by atoms with Crippen LogP contribution >= 0.6 is 12.4 Å². The van der Waals surface area contributed by atoms with Crippen molar-refractivity contribution in [2.75, 3.05) is 0 Å². The van der Waals surface area contributed by atoms with Gasteiger partial charge in [-0.2, -0.15) is 5.06 Å². The molecule has 0 spiro atoms. The molecule has 1 N–H and O–H groups in total. The maximum atomic E-state index is 10.5. The number of fused-ring (bicyclic) bond motifs is 2. The molecule has 0 heterocycles. The molecule has 0 unspecified atom stereocenters. The highest BCUT2D eigenvalue weighted by Crippen LogP contribution is 2.22. The lowest BCUT2D eigenvalue weighted by Gasteiger charge is -2.17. The van der Waals surface area contributed by atoms with Crippen molar-refractivity contribution in [3.8, 4) is 0 Å². The van der Waals surface area contributed by atoms with Crippen molar-refractivity contribution in [2.45, 2.75) is 13.1 Å². The molecule has 0 bridgehead atoms. The van der Waals surface area contributed by atoms with Crippen molar-refractivity contribution in [2.24, 2.45) is 0 Å². The Morgan fingerprint density at radius 1 is 0.560 bits per heavy atom. The fourth-order valence-electron chi connectivity index (χ4n) is 3.31. The number of hydrogen-bond acceptors (Lipinski definition) is 2. The zero-order chi connectivity index (χ0) is 16.4. The van der Waals surface area contributed by atoms with E-state index in [2.05, 4.69) is 48.5 Å². The Morgan fingerprint density at radius 2 is 0.960 bits per heavy atom. The Balaban J connectivity index is 0.00000182. The molecule has 0 amide bonds. The Labute approximate surface area is 153 Å². The number of rotatable bonds is 4. The summed E-state index contributed by atoms with van der Waals surface area (Å²) in [7, 11) is 0. The summed E-state index contributed by atoms with van der Waals surface area (Å²) in [6.45, 7) is 1.01. The average Bonchev–Trinajstić information content (AvgIpc) is 2.62. The fourth-order valence-corrected chi connectivity index (χ4v) is 3.31. The second-order valence-corrected chi connectivity index (χ2v) is 6.10. The van der Waals surface area contributed by atoms with E-state index in [4.69, 9.17) is 0 Å². The summed E-state index contributed by atoms with van der Waals surface area (Å²) in [6.07, 6.45) is 0. The Kier molecular flexibility index (Phi) is 5.34. The summed E-state index contributed by atoms with van der Waals surface area (Å²) in [6, 6.07) is 29.0. The van der Waals surface area contributed by atoms with Crippen molar-refractivity contribution >= 4 is 34.0 Å². The maximum absolute atomic E-state index is 10.5. The third kappa shape index (κ3) is 3.67. The molecule has 0 aliphatic carbocycles. The van der Waals surface area contributed by atoms with Gasteiger partial charge in [-0.05, 0) is 32.7 Å². The molecule has 0 aromatic heterocycles. The van der Waals surface area contributed by atoms with E-state index in [1.165, 1.54) is 26.6 Å². The van der Waals surface area contributed by atoms with Gasteiger partial charge in [0.15, 0.2) is 0 Å². The molecule has 0 saturated carbocycles. The largest absolute Gasteiger partial charge is 0.313 e. The van der Waals surface area contributed by atoms with Gasteiger partial charge in [-0.1, -0.05) is 84.9 Å². The van der Waals surface area contributed by atoms with Crippen molar-refractivity contribution in [1.82, 2.24) is 5.06 Å². The smallest absolute Gasteiger partial charge is 0.0498 e. The molecule has 0 atom stereocenters. The molecule has 4 aromatic carbocycles. The molecule has 0 aliphatic rings. The van der Waals surface area contributed by atoms with Gasteiger partial charge in [-0.25, -0.2) is 0 Å². The first-order chi connectivity index (χ1) is 11.8. The van der Waals surface area contributed by atoms with E-state index in [0.717, 1.165) is 11.1 Å². The normalized spacial score (nSPS) is 11.0. The zero-order valence-corrected chi connectivity index (χ0v) is 14.6. The van der Waals surface area contributed by atoms with Crippen LogP contribution in [0, 0.1) is 0 Å². The third-order valence-corrected chi connectivity index (χ3v) is 4.47. The van der Waals surface area contributed by atoms with Gasteiger partial charge < -0.3 is 5.21 Å². The van der Waals surface area contributed by atoms with E-state index in [-0.39, 0.29) is 12.4 Å². The van der Waals surface area contributed by atoms with Gasteiger partial charge in [-0.3, -0.25) is 0 Å². The minimum Gasteiger partial charge on any atom is -0.313 e. The number of nitrogens with zero attached hydrogens (tertiary/aromatic N) is 1. The summed E-state index contributed by atoms with van der Waals surface area (Å²) < 4.78 is 0. The van der Waals surface area contributed by atoms with Crippen molar-refractivity contribution in [3.05, 3.63) is 96.1 Å². The number of halogens is 1. The van der Waals surface area contributed by atoms with E-state index < -0.39 is 0 Å². The van der Waals surface area contributed by atoms with Crippen LogP contribution in [0.25, 0.3) is 21.5 Å². The number of benzene rings is 4. The molecule has 25 heavy (non-hydrogen) atoms. The summed E-state index contributed by atoms with van der Waals surface area (Å²) in [5, 5.41) is 16.7. The predicted molar refractivity (Wildman–Crippen MR) is 106 cm³/mol. The van der Waals surface area contributed by atoms with Gasteiger partial charge in [0.05, 0.1) is 0 Å². The van der Waals surface area contributed by atoms with Crippen LogP contribution in [-0.4, -0.2) is 10.3 Å². The van der Waals surface area contributed by atoms with Gasteiger partial charge in [-0.15, -0.1) is 12.4 Å². The lowest BCUT2D eigenvalue weighted by Crippen LogP contribution is -2.18. The summed E-state index contributed by atoms with van der Waals surface area (Å²) in [5.74, 6) is 0. The summed E-state index contributed by atoms with van der Waals surface area (Å²) >= 11 is 0. The van der Waals surface area contributed by atoms with Crippen LogP contribution in [0.3, 0.4) is 0 Å². The number of hydrogen-bond donors (Lipinski definition) is 1. The molecule has 4 aromatic rings. The monoisotopic (exact) mass is 349 g/mol. The first kappa shape index (κ1) is 17.4. The quantitative estimate of drug-likeness (QED) is 0.470. The first-order valence-corrected chi connectivity index (χ1v) is 8.18. The van der Waals surface area contributed by atoms with Gasteiger partial charge in [0.2, 0.25) is 0 Å². The SMILES string of the molecule is Cl.ON(Cc1cccc2ccccc12)Cc1cccc2ccccc12. The van der Waals surface area contributed by atoms with Crippen LogP contribution in [0.15, 0.2) is 84.9 Å². The van der Waals surface area contributed by atoms with Crippen molar-refractivity contribution in [1.29, 1.82) is 0 Å². The topological polar surface area (TPSA) is 23.5 Å². The van der Waals surface area contributed by atoms with Gasteiger partial charge >= 0.3 is 0 Å². The molecular weight excluding hydrogens is 330 g/mol. The maximum Gasteiger partial charge on any atom is 0.0498 e. The highest BCUT2D eigenvalue weighted by Gasteiger charge is 2.08. The third-order valence-electron chi connectivity index (χ3n) is 4.47. The van der Waals surface area contributed by atoms with Gasteiger partial charge in [0, 0.05) is 13.1 Å². The molecule has 0 saturated heterocycles. The van der Waals surface area contributed by atoms with Gasteiger partial charge in [0.1, 0.15) is 0 Å². The zero-order valence-electron chi connectivity index (χ0n) is 13.8. The second-order valence-electron chi connectivity index (χ2n) is 6.10. The predicted octanol–water partition coefficient (Wildman–Crippen LogP) is 5.81. The van der Waals surface area contributed by atoms with E-state index in [0.29, 0.717) is 13.1 Å². The van der Waals surface area contributed by atoms with Crippen LogP contribution in [-0.2, 0) is 13.1 Å². The molecular formula is C22H20ClNO. The minimum absolute atomic E-state index is 0. The van der Waals surface area contributed by atoms with Crippen molar-refractivity contribution < 1.29 is 5.21 Å². The van der Waals surface area contributed by atoms with E-state index in [1.54, 1.807) is 0 Å². The van der Waals surface area contributed by atoms with Crippen LogP contribution in [0.2, 0.25) is 0 Å². The van der Waals surface area contributed by atoms with E-state index >= 15 is 0 Å². The van der Waals surface area contributed by atoms with Crippen LogP contribution in [0.5, 0.6) is 0 Å². The Hall–Kier alpha value is -2.39. The van der Waals surface area contributed by atoms with Crippen LogP contribution < -0.4 is 0 Å². The molecule has 0 radical (unpaired) electrons. The highest BCUT2D eigenvalue weighted by molar-refractivity contribution is 5.86. The van der Waals surface area contributed by atoms with Crippen LogP contribution in [0.1, 0.15) is 11.1 Å². The molecule has 3 heteroatoms. The second kappa shape index (κ2) is 7.66. The lowest BCUT2D eigenvalue weighted by atomic mass is 10.0. The van der Waals surface area contributed by atoms with Crippen molar-refractivity contribution in [3.63, 3.8) is 0 Å². The van der Waals surface area contributed by atoms with Gasteiger partial charge in [0.25, 0.3) is 0 Å². The van der Waals surface area contributed by atoms with E-state index in [1.807, 2.05) is 36.4 Å².